The summed E-state index contributed by atoms with van der Waals surface area (Å²) in [5.74, 6) is -0.0194. The van der Waals surface area contributed by atoms with Gasteiger partial charge in [-0.2, -0.15) is 0 Å². The maximum atomic E-state index is 15.2. The predicted octanol–water partition coefficient (Wildman–Crippen LogP) is 9.53. The molecule has 0 bridgehead atoms. The molecular formula is C45H40N2O3. The smallest absolute Gasteiger partial charge is 0.264 e. The minimum atomic E-state index is -0.506. The number of hydrogen-bond acceptors (Lipinski definition) is 3. The molecule has 248 valence electrons. The third kappa shape index (κ3) is 5.49. The molecule has 0 aromatic heterocycles. The fourth-order valence-electron chi connectivity index (χ4n) is 7.01. The average molecular weight is 657 g/mol. The summed E-state index contributed by atoms with van der Waals surface area (Å²) in [4.78, 5) is 44.5. The van der Waals surface area contributed by atoms with Crippen LogP contribution in [0, 0.1) is 10.8 Å². The summed E-state index contributed by atoms with van der Waals surface area (Å²) in [7, 11) is 0. The van der Waals surface area contributed by atoms with Gasteiger partial charge in [-0.3, -0.25) is 23.5 Å². The summed E-state index contributed by atoms with van der Waals surface area (Å²) in [5, 5.41) is 0. The van der Waals surface area contributed by atoms with Crippen LogP contribution in [-0.4, -0.2) is 14.9 Å². The molecule has 5 aliphatic rings. The van der Waals surface area contributed by atoms with Gasteiger partial charge in [0.25, 0.3) is 11.1 Å². The third-order valence-corrected chi connectivity index (χ3v) is 9.41. The molecule has 5 heteroatoms. The van der Waals surface area contributed by atoms with Gasteiger partial charge in [-0.25, -0.2) is 0 Å². The number of Topliss-reactive ketones (excluding diaryl/α,β-unsaturated/α-hetero) is 1. The maximum absolute atomic E-state index is 15.2. The molecule has 5 nitrogen and oxygen atoms in total. The number of carbonyl (C=O) groups excluding carboxylic acids is 1. The Morgan fingerprint density at radius 1 is 0.460 bits per heavy atom. The molecule has 0 spiro atoms. The molecule has 0 N–H and O–H groups in total. The molecule has 0 unspecified atom stereocenters. The first-order valence-electron chi connectivity index (χ1n) is 17.0. The minimum absolute atomic E-state index is 0.0194. The van der Waals surface area contributed by atoms with Crippen molar-refractivity contribution in [3.05, 3.63) is 182 Å². The number of rotatable bonds is 4. The number of ketones is 1. The van der Waals surface area contributed by atoms with Gasteiger partial charge in [0.05, 0.1) is 22.5 Å². The second-order valence-electron chi connectivity index (χ2n) is 14.9. The van der Waals surface area contributed by atoms with Crippen LogP contribution >= 0.6 is 0 Å². The van der Waals surface area contributed by atoms with Gasteiger partial charge in [-0.15, -0.1) is 0 Å². The number of para-hydroxylation sites is 2. The Morgan fingerprint density at radius 3 is 1.16 bits per heavy atom. The van der Waals surface area contributed by atoms with E-state index >= 15 is 9.59 Å². The fraction of sp³-hybridized carbons (Fsp3) is 0.178. The molecule has 0 atom stereocenters. The first kappa shape index (κ1) is 32.7. The lowest BCUT2D eigenvalue weighted by atomic mass is 9.71. The van der Waals surface area contributed by atoms with Crippen LogP contribution in [-0.2, 0) is 4.79 Å². The number of benzene rings is 2. The van der Waals surface area contributed by atoms with Crippen LogP contribution in [0.15, 0.2) is 160 Å². The van der Waals surface area contributed by atoms with Crippen LogP contribution in [0.3, 0.4) is 0 Å². The highest BCUT2D eigenvalue weighted by molar-refractivity contribution is 6.13. The highest BCUT2D eigenvalue weighted by atomic mass is 16.1. The molecule has 0 fully saturated rings. The quantitative estimate of drug-likeness (QED) is 0.190. The molecule has 3 aliphatic carbocycles. The number of hydrogen-bond donors (Lipinski definition) is 0. The number of aromatic nitrogens is 2. The van der Waals surface area contributed by atoms with Crippen molar-refractivity contribution >= 4 is 11.4 Å². The van der Waals surface area contributed by atoms with Crippen LogP contribution in [0.5, 0.6) is 0 Å². The van der Waals surface area contributed by atoms with E-state index in [1.165, 1.54) is 0 Å². The Labute approximate surface area is 292 Å². The number of fused-ring (bicyclic) bond motifs is 2. The van der Waals surface area contributed by atoms with Crippen molar-refractivity contribution in [1.82, 2.24) is 9.13 Å². The topological polar surface area (TPSA) is 61.1 Å². The second kappa shape index (κ2) is 12.3. The zero-order valence-electron chi connectivity index (χ0n) is 29.3. The number of allylic oxidation sites excluding steroid dienone is 5. The van der Waals surface area contributed by atoms with E-state index in [1.54, 1.807) is 9.13 Å². The van der Waals surface area contributed by atoms with Crippen molar-refractivity contribution in [2.24, 2.45) is 10.8 Å². The van der Waals surface area contributed by atoms with Crippen molar-refractivity contribution in [3.8, 4) is 33.9 Å². The Balaban J connectivity index is 1.73. The van der Waals surface area contributed by atoms with Crippen molar-refractivity contribution in [2.45, 2.75) is 41.5 Å². The molecule has 0 radical (unpaired) electrons. The van der Waals surface area contributed by atoms with Crippen LogP contribution in [0.4, 0.5) is 0 Å². The van der Waals surface area contributed by atoms with Crippen LogP contribution in [0.2, 0.25) is 0 Å². The summed E-state index contributed by atoms with van der Waals surface area (Å²) >= 11 is 0. The minimum Gasteiger partial charge on any atom is -0.289 e. The Kier molecular flexibility index (Phi) is 8.02. The van der Waals surface area contributed by atoms with E-state index < -0.39 is 10.8 Å². The molecule has 0 saturated heterocycles. The van der Waals surface area contributed by atoms with Gasteiger partial charge in [-0.1, -0.05) is 126 Å². The van der Waals surface area contributed by atoms with E-state index in [0.717, 1.165) is 22.8 Å². The van der Waals surface area contributed by atoms with Gasteiger partial charge >= 0.3 is 0 Å². The van der Waals surface area contributed by atoms with Crippen molar-refractivity contribution in [2.75, 3.05) is 0 Å². The van der Waals surface area contributed by atoms with Crippen molar-refractivity contribution in [3.63, 3.8) is 0 Å². The van der Waals surface area contributed by atoms with E-state index in [2.05, 4.69) is 0 Å². The molecule has 2 aromatic rings. The summed E-state index contributed by atoms with van der Waals surface area (Å²) in [6, 6.07) is 38.5. The Bertz CT molecular complexity index is 2260. The molecule has 7 rings (SSSR count). The summed E-state index contributed by atoms with van der Waals surface area (Å²) in [6.07, 6.45) is 3.82. The average Bonchev–Trinajstić information content (AvgIpc) is 3.26. The summed E-state index contributed by atoms with van der Waals surface area (Å²) < 4.78 is 3.45. The summed E-state index contributed by atoms with van der Waals surface area (Å²) in [6.45, 7) is 12.2. The maximum Gasteiger partial charge on any atom is 0.264 e. The van der Waals surface area contributed by atoms with Gasteiger partial charge < -0.3 is 0 Å². The fourth-order valence-corrected chi connectivity index (χ4v) is 7.01. The molecule has 2 aromatic carbocycles. The van der Waals surface area contributed by atoms with Crippen LogP contribution < -0.4 is 11.1 Å². The van der Waals surface area contributed by atoms with E-state index in [9.17, 15) is 4.79 Å². The SMILES string of the molecule is CC(C)(C)C1=CC(=C(c2c3cccccc-3n(-c3ccccc3)c2=O)c2c3cccccc-3n(-c3ccccc3)c2=O)C=C(C(C)(C)C)C1=O. The largest absolute Gasteiger partial charge is 0.289 e. The van der Waals surface area contributed by atoms with E-state index in [4.69, 9.17) is 0 Å². The van der Waals surface area contributed by atoms with Crippen molar-refractivity contribution < 1.29 is 4.79 Å². The summed E-state index contributed by atoms with van der Waals surface area (Å²) in [5.41, 5.74) is 6.05. The Morgan fingerprint density at radius 2 is 0.800 bits per heavy atom. The van der Waals surface area contributed by atoms with Crippen LogP contribution in [0.25, 0.3) is 39.5 Å². The molecule has 2 aliphatic heterocycles. The lowest BCUT2D eigenvalue weighted by Crippen LogP contribution is -2.28. The zero-order valence-corrected chi connectivity index (χ0v) is 29.3. The van der Waals surface area contributed by atoms with Gasteiger partial charge in [0.2, 0.25) is 0 Å². The molecule has 0 amide bonds. The lowest BCUT2D eigenvalue weighted by Gasteiger charge is -2.32. The standard InChI is InChI=1S/C45H40N2O3/c1-44(2,3)34-27-29(28-35(41(34)48)45(4,5)6)38(39-32-23-15-9-17-25-36(32)46(42(39)49)30-19-11-7-12-20-30)40-33-24-16-10-18-26-37(33)47(43(40)50)31-21-13-8-14-22-31/h7-28H,1-6H3. The van der Waals surface area contributed by atoms with Gasteiger partial charge in [0.1, 0.15) is 0 Å². The zero-order chi connectivity index (χ0) is 35.4. The molecule has 2 heterocycles. The second-order valence-corrected chi connectivity index (χ2v) is 14.9. The van der Waals surface area contributed by atoms with E-state index in [1.807, 2.05) is 175 Å². The number of nitrogens with zero attached hydrogens (tertiary/aromatic N) is 2. The number of carbonyl (C=O) groups is 1. The van der Waals surface area contributed by atoms with Crippen molar-refractivity contribution in [1.29, 1.82) is 0 Å². The Hall–Kier alpha value is -5.81. The van der Waals surface area contributed by atoms with Gasteiger partial charge in [0, 0.05) is 39.2 Å². The van der Waals surface area contributed by atoms with E-state index in [0.29, 0.717) is 44.5 Å². The molecule has 0 saturated carbocycles. The highest BCUT2D eigenvalue weighted by Gasteiger charge is 2.37. The monoisotopic (exact) mass is 656 g/mol. The lowest BCUT2D eigenvalue weighted by molar-refractivity contribution is -0.114. The first-order chi connectivity index (χ1) is 23.9. The normalized spacial score (nSPS) is 13.8. The third-order valence-electron chi connectivity index (χ3n) is 9.41. The first-order valence-corrected chi connectivity index (χ1v) is 17.0. The van der Waals surface area contributed by atoms with Crippen LogP contribution in [0.1, 0.15) is 52.7 Å². The highest BCUT2D eigenvalue weighted by Crippen LogP contribution is 2.45. The van der Waals surface area contributed by atoms with Gasteiger partial charge in [-0.05, 0) is 65.0 Å². The predicted molar refractivity (Wildman–Crippen MR) is 203 cm³/mol. The van der Waals surface area contributed by atoms with E-state index in [-0.39, 0.29) is 16.9 Å². The van der Waals surface area contributed by atoms with Gasteiger partial charge in [0.15, 0.2) is 5.78 Å². The molecule has 50 heavy (non-hydrogen) atoms. The molecular weight excluding hydrogens is 617 g/mol.